The zero-order chi connectivity index (χ0) is 13.7. The van der Waals surface area contributed by atoms with Crippen LogP contribution in [-0.4, -0.2) is 23.6 Å². The van der Waals surface area contributed by atoms with Gasteiger partial charge in [0.1, 0.15) is 5.82 Å². The van der Waals surface area contributed by atoms with Crippen LogP contribution in [-0.2, 0) is 6.54 Å². The van der Waals surface area contributed by atoms with Crippen molar-refractivity contribution < 1.29 is 4.39 Å². The van der Waals surface area contributed by atoms with Crippen LogP contribution in [0.2, 0.25) is 0 Å². The summed E-state index contributed by atoms with van der Waals surface area (Å²) in [6.45, 7) is 3.62. The Bertz CT molecular complexity index is 527. The third-order valence-corrected chi connectivity index (χ3v) is 2.79. The molecule has 0 amide bonds. The second kappa shape index (κ2) is 6.24. The molecule has 1 aromatic carbocycles. The van der Waals surface area contributed by atoms with E-state index in [1.165, 1.54) is 12.1 Å². The fourth-order valence-electron chi connectivity index (χ4n) is 1.69. The molecular weight excluding hydrogens is 243 g/mol. The number of anilines is 2. The molecule has 0 saturated carbocycles. The first-order valence-electron chi connectivity index (χ1n) is 6.21. The molecule has 2 aromatic rings. The van der Waals surface area contributed by atoms with Gasteiger partial charge in [-0.25, -0.2) is 9.37 Å². The van der Waals surface area contributed by atoms with E-state index in [4.69, 9.17) is 0 Å². The second-order valence-electron chi connectivity index (χ2n) is 4.18. The second-order valence-corrected chi connectivity index (χ2v) is 4.18. The smallest absolute Gasteiger partial charge is 0.151 e. The molecule has 0 unspecified atom stereocenters. The first-order chi connectivity index (χ1) is 9.20. The molecule has 0 spiro atoms. The molecule has 0 aliphatic carbocycles. The van der Waals surface area contributed by atoms with Crippen LogP contribution >= 0.6 is 0 Å². The molecule has 1 heterocycles. The fourth-order valence-corrected chi connectivity index (χ4v) is 1.69. The maximum absolute atomic E-state index is 12.9. The molecule has 0 aliphatic heterocycles. The number of benzene rings is 1. The number of aromatic nitrogens is 2. The third-order valence-electron chi connectivity index (χ3n) is 2.79. The number of nitrogens with one attached hydrogen (secondary N) is 1. The van der Waals surface area contributed by atoms with Crippen LogP contribution in [0.3, 0.4) is 0 Å². The monoisotopic (exact) mass is 260 g/mol. The Kier molecular flexibility index (Phi) is 4.41. The summed E-state index contributed by atoms with van der Waals surface area (Å²) >= 11 is 0. The topological polar surface area (TPSA) is 41.1 Å². The van der Waals surface area contributed by atoms with Crippen LogP contribution in [0, 0.1) is 5.82 Å². The summed E-state index contributed by atoms with van der Waals surface area (Å²) < 4.78 is 12.9. The number of rotatable bonds is 5. The lowest BCUT2D eigenvalue weighted by Crippen LogP contribution is -2.16. The highest BCUT2D eigenvalue weighted by atomic mass is 19.1. The van der Waals surface area contributed by atoms with Gasteiger partial charge in [-0.3, -0.25) is 4.98 Å². The summed E-state index contributed by atoms with van der Waals surface area (Å²) in [7, 11) is 1.88. The quantitative estimate of drug-likeness (QED) is 0.896. The molecule has 100 valence electrons. The minimum Gasteiger partial charge on any atom is -0.328 e. The van der Waals surface area contributed by atoms with Crippen molar-refractivity contribution in [2.45, 2.75) is 13.5 Å². The summed E-state index contributed by atoms with van der Waals surface area (Å²) in [6.07, 6.45) is 3.43. The Morgan fingerprint density at radius 1 is 1.21 bits per heavy atom. The standard InChI is InChI=1S/C14H17FN4/c1-3-16-8-12-9-17-10-14(18-12)19(2)13-6-4-11(15)5-7-13/h4-7,9-10,16H,3,8H2,1-2H3. The molecule has 0 atom stereocenters. The summed E-state index contributed by atoms with van der Waals surface area (Å²) in [5.41, 5.74) is 1.75. The van der Waals surface area contributed by atoms with Gasteiger partial charge in [0, 0.05) is 25.5 Å². The molecule has 0 bridgehead atoms. The van der Waals surface area contributed by atoms with Gasteiger partial charge in [-0.15, -0.1) is 0 Å². The minimum atomic E-state index is -0.246. The molecule has 0 fully saturated rings. The Hall–Kier alpha value is -2.01. The molecule has 4 nitrogen and oxygen atoms in total. The number of halogens is 1. The van der Waals surface area contributed by atoms with Crippen LogP contribution in [0.15, 0.2) is 36.7 Å². The van der Waals surface area contributed by atoms with Gasteiger partial charge >= 0.3 is 0 Å². The van der Waals surface area contributed by atoms with Gasteiger partial charge in [0.15, 0.2) is 5.82 Å². The highest BCUT2D eigenvalue weighted by Gasteiger charge is 2.07. The predicted octanol–water partition coefficient (Wildman–Crippen LogP) is 2.49. The Balaban J connectivity index is 2.18. The molecule has 5 heteroatoms. The summed E-state index contributed by atoms with van der Waals surface area (Å²) in [4.78, 5) is 10.6. The first kappa shape index (κ1) is 13.4. The minimum absolute atomic E-state index is 0.246. The molecule has 0 saturated heterocycles. The van der Waals surface area contributed by atoms with Gasteiger partial charge in [0.25, 0.3) is 0 Å². The van der Waals surface area contributed by atoms with Gasteiger partial charge in [0.05, 0.1) is 11.9 Å². The van der Waals surface area contributed by atoms with Crippen molar-refractivity contribution in [2.24, 2.45) is 0 Å². The van der Waals surface area contributed by atoms with Gasteiger partial charge in [0.2, 0.25) is 0 Å². The summed E-state index contributed by atoms with van der Waals surface area (Å²) in [6, 6.07) is 6.30. The van der Waals surface area contributed by atoms with Gasteiger partial charge in [-0.1, -0.05) is 6.92 Å². The van der Waals surface area contributed by atoms with Crippen molar-refractivity contribution in [1.82, 2.24) is 15.3 Å². The average Bonchev–Trinajstić information content (AvgIpc) is 2.45. The predicted molar refractivity (Wildman–Crippen MR) is 73.9 cm³/mol. The molecule has 1 aromatic heterocycles. The first-order valence-corrected chi connectivity index (χ1v) is 6.21. The van der Waals surface area contributed by atoms with Crippen molar-refractivity contribution in [2.75, 3.05) is 18.5 Å². The summed E-state index contributed by atoms with van der Waals surface area (Å²) in [5.74, 6) is 0.492. The van der Waals surface area contributed by atoms with E-state index in [2.05, 4.69) is 15.3 Å². The van der Waals surface area contributed by atoms with Crippen LogP contribution in [0.25, 0.3) is 0 Å². The zero-order valence-electron chi connectivity index (χ0n) is 11.1. The third kappa shape index (κ3) is 3.48. The Morgan fingerprint density at radius 2 is 1.95 bits per heavy atom. The van der Waals surface area contributed by atoms with E-state index in [0.717, 1.165) is 23.7 Å². The summed E-state index contributed by atoms with van der Waals surface area (Å²) in [5, 5.41) is 3.21. The molecule has 0 radical (unpaired) electrons. The van der Waals surface area contributed by atoms with Crippen molar-refractivity contribution in [3.8, 4) is 0 Å². The van der Waals surface area contributed by atoms with E-state index in [1.54, 1.807) is 24.5 Å². The molecule has 0 aliphatic rings. The molecule has 2 rings (SSSR count). The van der Waals surface area contributed by atoms with E-state index in [-0.39, 0.29) is 5.82 Å². The Morgan fingerprint density at radius 3 is 2.63 bits per heavy atom. The number of hydrogen-bond acceptors (Lipinski definition) is 4. The average molecular weight is 260 g/mol. The van der Waals surface area contributed by atoms with Crippen LogP contribution < -0.4 is 10.2 Å². The SMILES string of the molecule is CCNCc1cncc(N(C)c2ccc(F)cc2)n1. The van der Waals surface area contributed by atoms with E-state index in [0.29, 0.717) is 6.54 Å². The largest absolute Gasteiger partial charge is 0.328 e. The van der Waals surface area contributed by atoms with Crippen molar-refractivity contribution in [3.63, 3.8) is 0 Å². The maximum atomic E-state index is 12.9. The maximum Gasteiger partial charge on any atom is 0.151 e. The van der Waals surface area contributed by atoms with Crippen molar-refractivity contribution in [3.05, 3.63) is 48.2 Å². The van der Waals surface area contributed by atoms with E-state index in [1.807, 2.05) is 18.9 Å². The van der Waals surface area contributed by atoms with Crippen molar-refractivity contribution in [1.29, 1.82) is 0 Å². The van der Waals surface area contributed by atoms with Gasteiger partial charge in [-0.2, -0.15) is 0 Å². The normalized spacial score (nSPS) is 10.5. The Labute approximate surface area is 112 Å². The highest BCUT2D eigenvalue weighted by molar-refractivity contribution is 5.58. The van der Waals surface area contributed by atoms with Crippen LogP contribution in [0.1, 0.15) is 12.6 Å². The number of nitrogens with zero attached hydrogens (tertiary/aromatic N) is 3. The van der Waals surface area contributed by atoms with Crippen molar-refractivity contribution >= 4 is 11.5 Å². The zero-order valence-corrected chi connectivity index (χ0v) is 11.1. The van der Waals surface area contributed by atoms with E-state index >= 15 is 0 Å². The lowest BCUT2D eigenvalue weighted by Gasteiger charge is -2.18. The highest BCUT2D eigenvalue weighted by Crippen LogP contribution is 2.21. The van der Waals surface area contributed by atoms with Gasteiger partial charge < -0.3 is 10.2 Å². The van der Waals surface area contributed by atoms with Crippen LogP contribution in [0.4, 0.5) is 15.9 Å². The molecule has 1 N–H and O–H groups in total. The molecular formula is C14H17FN4. The fraction of sp³-hybridized carbons (Fsp3) is 0.286. The van der Waals surface area contributed by atoms with Crippen LogP contribution in [0.5, 0.6) is 0 Å². The van der Waals surface area contributed by atoms with Gasteiger partial charge in [-0.05, 0) is 30.8 Å². The lowest BCUT2D eigenvalue weighted by molar-refractivity contribution is 0.628. The molecule has 19 heavy (non-hydrogen) atoms. The number of hydrogen-bond donors (Lipinski definition) is 1. The van der Waals surface area contributed by atoms with E-state index in [9.17, 15) is 4.39 Å². The van der Waals surface area contributed by atoms with E-state index < -0.39 is 0 Å². The lowest BCUT2D eigenvalue weighted by atomic mass is 10.3.